The van der Waals surface area contributed by atoms with E-state index in [-0.39, 0.29) is 23.5 Å². The quantitative estimate of drug-likeness (QED) is 0.484. The predicted molar refractivity (Wildman–Crippen MR) is 102 cm³/mol. The van der Waals surface area contributed by atoms with Gasteiger partial charge in [-0.1, -0.05) is 18.2 Å². The SMILES string of the molecule is Nc1[nH]c(=O)c(C(=O)O)c(-c2ccc(OCc3ccc(F)c(F)c3)cc2)c1C(=O)O. The van der Waals surface area contributed by atoms with Crippen molar-refractivity contribution in [1.82, 2.24) is 4.98 Å². The third kappa shape index (κ3) is 3.97. The van der Waals surface area contributed by atoms with Gasteiger partial charge in [-0.25, -0.2) is 18.4 Å². The number of aromatic nitrogens is 1. The monoisotopic (exact) mass is 416 g/mol. The summed E-state index contributed by atoms with van der Waals surface area (Å²) in [4.78, 5) is 37.2. The highest BCUT2D eigenvalue weighted by atomic mass is 19.2. The van der Waals surface area contributed by atoms with Crippen LogP contribution in [0.15, 0.2) is 47.3 Å². The second-order valence-electron chi connectivity index (χ2n) is 6.16. The molecule has 30 heavy (non-hydrogen) atoms. The normalized spacial score (nSPS) is 10.6. The smallest absolute Gasteiger partial charge is 0.342 e. The van der Waals surface area contributed by atoms with Crippen LogP contribution in [0.3, 0.4) is 0 Å². The van der Waals surface area contributed by atoms with Gasteiger partial charge in [0, 0.05) is 5.56 Å². The molecular formula is C20H14F2N2O6. The fourth-order valence-electron chi connectivity index (χ4n) is 2.85. The standard InChI is InChI=1S/C20H14F2N2O6/c21-12-6-1-9(7-13(12)22)8-30-11-4-2-10(3-5-11)14-15(19(26)27)17(23)24-18(25)16(14)20(28)29/h1-7H,8H2,(H,26,27)(H,28,29)(H3,23,24,25). The number of H-pyrrole nitrogens is 1. The van der Waals surface area contributed by atoms with Gasteiger partial charge in [-0.05, 0) is 35.4 Å². The van der Waals surface area contributed by atoms with Crippen molar-refractivity contribution in [2.24, 2.45) is 0 Å². The Balaban J connectivity index is 1.96. The number of hydrogen-bond donors (Lipinski definition) is 4. The van der Waals surface area contributed by atoms with Crippen LogP contribution in [0.5, 0.6) is 5.75 Å². The van der Waals surface area contributed by atoms with E-state index < -0.39 is 46.1 Å². The molecule has 10 heteroatoms. The van der Waals surface area contributed by atoms with Crippen LogP contribution in [0.2, 0.25) is 0 Å². The van der Waals surface area contributed by atoms with Crippen LogP contribution in [0.4, 0.5) is 14.6 Å². The molecule has 0 unspecified atom stereocenters. The number of ether oxygens (including phenoxy) is 1. The van der Waals surface area contributed by atoms with Gasteiger partial charge in [-0.3, -0.25) is 4.79 Å². The molecule has 0 bridgehead atoms. The number of rotatable bonds is 6. The lowest BCUT2D eigenvalue weighted by atomic mass is 9.95. The third-order valence-corrected chi connectivity index (χ3v) is 4.20. The van der Waals surface area contributed by atoms with E-state index in [1.807, 2.05) is 4.98 Å². The van der Waals surface area contributed by atoms with Gasteiger partial charge >= 0.3 is 11.9 Å². The molecule has 5 N–H and O–H groups in total. The number of hydrogen-bond acceptors (Lipinski definition) is 5. The van der Waals surface area contributed by atoms with Gasteiger partial charge in [0.2, 0.25) is 0 Å². The number of pyridine rings is 1. The van der Waals surface area contributed by atoms with Gasteiger partial charge in [0.15, 0.2) is 11.6 Å². The first-order valence-corrected chi connectivity index (χ1v) is 8.38. The maximum atomic E-state index is 13.3. The summed E-state index contributed by atoms with van der Waals surface area (Å²) in [6.07, 6.45) is 0. The van der Waals surface area contributed by atoms with E-state index in [1.165, 1.54) is 30.3 Å². The lowest BCUT2D eigenvalue weighted by molar-refractivity contribution is 0.0695. The molecule has 8 nitrogen and oxygen atoms in total. The zero-order valence-electron chi connectivity index (χ0n) is 15.1. The fraction of sp³-hybridized carbons (Fsp3) is 0.0500. The fourth-order valence-corrected chi connectivity index (χ4v) is 2.85. The topological polar surface area (TPSA) is 143 Å². The minimum absolute atomic E-state index is 0.0742. The highest BCUT2D eigenvalue weighted by Crippen LogP contribution is 2.30. The highest BCUT2D eigenvalue weighted by Gasteiger charge is 2.26. The number of aromatic carboxylic acids is 2. The van der Waals surface area contributed by atoms with Crippen molar-refractivity contribution in [2.75, 3.05) is 5.73 Å². The van der Waals surface area contributed by atoms with Gasteiger partial charge in [0.25, 0.3) is 5.56 Å². The highest BCUT2D eigenvalue weighted by molar-refractivity contribution is 6.07. The molecule has 0 amide bonds. The first-order chi connectivity index (χ1) is 14.2. The summed E-state index contributed by atoms with van der Waals surface area (Å²) in [5.41, 5.74) is 3.37. The lowest BCUT2D eigenvalue weighted by Crippen LogP contribution is -2.24. The average Bonchev–Trinajstić information content (AvgIpc) is 2.68. The number of carboxylic acid groups (broad SMARTS) is 2. The number of nitrogens with one attached hydrogen (secondary N) is 1. The molecule has 0 spiro atoms. The Labute approximate surface area is 167 Å². The molecule has 2 aromatic carbocycles. The van der Waals surface area contributed by atoms with Gasteiger partial charge in [0.1, 0.15) is 29.3 Å². The van der Waals surface area contributed by atoms with E-state index in [4.69, 9.17) is 10.5 Å². The summed E-state index contributed by atoms with van der Waals surface area (Å²) in [6.45, 7) is -0.0742. The van der Waals surface area contributed by atoms with Crippen LogP contribution in [0.1, 0.15) is 26.3 Å². The first kappa shape index (κ1) is 20.5. The number of halogens is 2. The van der Waals surface area contributed by atoms with Gasteiger partial charge in [-0.15, -0.1) is 0 Å². The van der Waals surface area contributed by atoms with Crippen molar-refractivity contribution >= 4 is 17.8 Å². The zero-order valence-corrected chi connectivity index (χ0v) is 15.1. The number of nitrogen functional groups attached to an aromatic ring is 1. The van der Waals surface area contributed by atoms with Crippen molar-refractivity contribution in [2.45, 2.75) is 6.61 Å². The number of benzene rings is 2. The van der Waals surface area contributed by atoms with Gasteiger partial charge in [0.05, 0.1) is 0 Å². The average molecular weight is 416 g/mol. The molecule has 3 aromatic rings. The van der Waals surface area contributed by atoms with Crippen LogP contribution in [0.25, 0.3) is 11.1 Å². The third-order valence-electron chi connectivity index (χ3n) is 4.20. The maximum absolute atomic E-state index is 13.3. The molecule has 0 fully saturated rings. The number of aromatic amines is 1. The van der Waals surface area contributed by atoms with Crippen molar-refractivity contribution in [1.29, 1.82) is 0 Å². The van der Waals surface area contributed by atoms with E-state index in [1.54, 1.807) is 0 Å². The van der Waals surface area contributed by atoms with Gasteiger partial charge in [-0.2, -0.15) is 0 Å². The number of carbonyl (C=O) groups is 2. The lowest BCUT2D eigenvalue weighted by Gasteiger charge is -2.13. The van der Waals surface area contributed by atoms with Crippen molar-refractivity contribution in [3.63, 3.8) is 0 Å². The largest absolute Gasteiger partial charge is 0.489 e. The van der Waals surface area contributed by atoms with E-state index in [9.17, 15) is 33.4 Å². The Kier molecular flexibility index (Phi) is 5.50. The molecule has 0 aliphatic rings. The van der Waals surface area contributed by atoms with Crippen molar-refractivity contribution in [3.8, 4) is 16.9 Å². The molecule has 1 heterocycles. The molecule has 0 saturated carbocycles. The second kappa shape index (κ2) is 8.03. The Hall–Kier alpha value is -4.21. The molecule has 0 radical (unpaired) electrons. The Morgan fingerprint density at radius 1 is 0.967 bits per heavy atom. The summed E-state index contributed by atoms with van der Waals surface area (Å²) in [5, 5.41) is 18.8. The number of nitrogens with two attached hydrogens (primary N) is 1. The van der Waals surface area contributed by atoms with Crippen molar-refractivity contribution < 1.29 is 33.3 Å². The summed E-state index contributed by atoms with van der Waals surface area (Å²) in [7, 11) is 0. The summed E-state index contributed by atoms with van der Waals surface area (Å²) < 4.78 is 31.7. The Bertz CT molecular complexity index is 1210. The summed E-state index contributed by atoms with van der Waals surface area (Å²) >= 11 is 0. The molecule has 0 saturated heterocycles. The zero-order chi connectivity index (χ0) is 22.0. The Morgan fingerprint density at radius 3 is 2.17 bits per heavy atom. The van der Waals surface area contributed by atoms with Crippen LogP contribution in [-0.2, 0) is 6.61 Å². The number of carboxylic acids is 2. The second-order valence-corrected chi connectivity index (χ2v) is 6.16. The molecule has 0 atom stereocenters. The minimum atomic E-state index is -1.62. The maximum Gasteiger partial charge on any atom is 0.342 e. The van der Waals surface area contributed by atoms with E-state index in [0.29, 0.717) is 5.56 Å². The summed E-state index contributed by atoms with van der Waals surface area (Å²) in [6, 6.07) is 8.83. The predicted octanol–water partition coefficient (Wildman–Crippen LogP) is 2.88. The van der Waals surface area contributed by atoms with Crippen LogP contribution in [-0.4, -0.2) is 27.1 Å². The molecule has 0 aliphatic carbocycles. The van der Waals surface area contributed by atoms with E-state index in [0.717, 1.165) is 12.1 Å². The number of anilines is 1. The molecule has 1 aromatic heterocycles. The van der Waals surface area contributed by atoms with E-state index in [2.05, 4.69) is 0 Å². The van der Waals surface area contributed by atoms with Crippen LogP contribution in [0, 0.1) is 11.6 Å². The van der Waals surface area contributed by atoms with E-state index >= 15 is 0 Å². The van der Waals surface area contributed by atoms with Crippen LogP contribution < -0.4 is 16.0 Å². The van der Waals surface area contributed by atoms with Crippen LogP contribution >= 0.6 is 0 Å². The van der Waals surface area contributed by atoms with Gasteiger partial charge < -0.3 is 25.7 Å². The first-order valence-electron chi connectivity index (χ1n) is 8.38. The molecule has 0 aliphatic heterocycles. The molecular weight excluding hydrogens is 402 g/mol. The minimum Gasteiger partial charge on any atom is -0.489 e. The Morgan fingerprint density at radius 2 is 1.60 bits per heavy atom. The summed E-state index contributed by atoms with van der Waals surface area (Å²) in [5.74, 6) is -5.32. The van der Waals surface area contributed by atoms with Crippen molar-refractivity contribution in [3.05, 3.63) is 81.1 Å². The molecule has 3 rings (SSSR count). The molecule has 154 valence electrons.